The van der Waals surface area contributed by atoms with Crippen LogP contribution in [0.5, 0.6) is 0 Å². The van der Waals surface area contributed by atoms with Gasteiger partial charge < -0.3 is 5.32 Å². The van der Waals surface area contributed by atoms with Crippen molar-refractivity contribution in [2.75, 3.05) is 11.9 Å². The van der Waals surface area contributed by atoms with Crippen LogP contribution in [-0.2, 0) is 4.79 Å². The molecule has 0 aromatic heterocycles. The quantitative estimate of drug-likeness (QED) is 0.677. The largest absolute Gasteiger partial charge is 0.318 e. The molecule has 0 aliphatic carbocycles. The van der Waals surface area contributed by atoms with E-state index in [1.165, 1.54) is 6.07 Å². The Bertz CT molecular complexity index is 754. The Morgan fingerprint density at radius 2 is 1.86 bits per heavy atom. The molecule has 0 fully saturated rings. The number of amides is 1. The van der Waals surface area contributed by atoms with Gasteiger partial charge in [0.15, 0.2) is 0 Å². The summed E-state index contributed by atoms with van der Waals surface area (Å²) in [7, 11) is 0. The first kappa shape index (κ1) is 13.0. The molecule has 21 heavy (non-hydrogen) atoms. The van der Waals surface area contributed by atoms with Gasteiger partial charge in [0.25, 0.3) is 5.69 Å². The lowest BCUT2D eigenvalue weighted by atomic mass is 10.00. The molecule has 104 valence electrons. The van der Waals surface area contributed by atoms with E-state index in [0.717, 1.165) is 5.56 Å². The van der Waals surface area contributed by atoms with Crippen molar-refractivity contribution in [3.8, 4) is 0 Å². The first-order valence-corrected chi connectivity index (χ1v) is 6.34. The van der Waals surface area contributed by atoms with Crippen LogP contribution in [0.15, 0.2) is 53.5 Å². The van der Waals surface area contributed by atoms with E-state index < -0.39 is 4.92 Å². The minimum Gasteiger partial charge on any atom is -0.318 e. The zero-order valence-electron chi connectivity index (χ0n) is 10.9. The van der Waals surface area contributed by atoms with Gasteiger partial charge in [0.05, 0.1) is 10.6 Å². The number of rotatable bonds is 2. The van der Waals surface area contributed by atoms with Gasteiger partial charge in [-0.05, 0) is 0 Å². The van der Waals surface area contributed by atoms with Crippen molar-refractivity contribution >= 4 is 23.0 Å². The van der Waals surface area contributed by atoms with Gasteiger partial charge in [-0.2, -0.15) is 0 Å². The zero-order chi connectivity index (χ0) is 14.8. The van der Waals surface area contributed by atoms with Crippen LogP contribution in [0.1, 0.15) is 11.1 Å². The number of benzodiazepines with no additional fused rings is 1. The van der Waals surface area contributed by atoms with Crippen LogP contribution in [0.3, 0.4) is 0 Å². The summed E-state index contributed by atoms with van der Waals surface area (Å²) in [5.74, 6) is -0.364. The fourth-order valence-corrected chi connectivity index (χ4v) is 2.28. The van der Waals surface area contributed by atoms with Crippen LogP contribution < -0.4 is 5.32 Å². The molecule has 2 aromatic rings. The van der Waals surface area contributed by atoms with Gasteiger partial charge in [0.1, 0.15) is 12.2 Å². The molecular weight excluding hydrogens is 270 g/mol. The Hall–Kier alpha value is -3.02. The van der Waals surface area contributed by atoms with E-state index in [4.69, 9.17) is 0 Å². The van der Waals surface area contributed by atoms with Crippen molar-refractivity contribution in [1.82, 2.24) is 0 Å². The maximum Gasteiger partial charge on any atom is 0.293 e. The molecule has 0 radical (unpaired) electrons. The first-order chi connectivity index (χ1) is 10.2. The molecule has 3 rings (SSSR count). The molecule has 2 aromatic carbocycles. The number of nitrogens with zero attached hydrogens (tertiary/aromatic N) is 2. The second-order valence-corrected chi connectivity index (χ2v) is 4.54. The molecule has 0 atom stereocenters. The topological polar surface area (TPSA) is 84.6 Å². The van der Waals surface area contributed by atoms with E-state index in [2.05, 4.69) is 10.3 Å². The predicted molar refractivity (Wildman–Crippen MR) is 78.7 cm³/mol. The van der Waals surface area contributed by atoms with Crippen molar-refractivity contribution in [3.05, 3.63) is 69.8 Å². The van der Waals surface area contributed by atoms with E-state index in [1.807, 2.05) is 30.3 Å². The highest BCUT2D eigenvalue weighted by molar-refractivity contribution is 6.20. The van der Waals surface area contributed by atoms with E-state index in [-0.39, 0.29) is 23.8 Å². The molecule has 6 heteroatoms. The Labute approximate surface area is 120 Å². The molecular formula is C15H11N3O3. The highest BCUT2D eigenvalue weighted by atomic mass is 16.6. The number of hydrogen-bond donors (Lipinski definition) is 1. The highest BCUT2D eigenvalue weighted by Crippen LogP contribution is 2.31. The summed E-state index contributed by atoms with van der Waals surface area (Å²) in [6.07, 6.45) is 0. The minimum atomic E-state index is -0.507. The molecule has 1 aliphatic rings. The summed E-state index contributed by atoms with van der Waals surface area (Å²) >= 11 is 0. The number of nitro groups is 1. The standard InChI is InChI=1S/C15H11N3O3/c19-13-9-16-14(10-5-2-1-3-6-10)11-7-4-8-12(18(20)21)15(11)17-13/h1-8H,9H2,(H,17,19). The predicted octanol–water partition coefficient (Wildman–Crippen LogP) is 2.38. The second-order valence-electron chi connectivity index (χ2n) is 4.54. The van der Waals surface area contributed by atoms with Crippen LogP contribution in [0, 0.1) is 10.1 Å². The normalized spacial score (nSPS) is 13.7. The van der Waals surface area contributed by atoms with Gasteiger partial charge in [-0.25, -0.2) is 0 Å². The lowest BCUT2D eigenvalue weighted by Crippen LogP contribution is -2.14. The SMILES string of the molecule is O=C1CN=C(c2ccccc2)c2cccc([N+](=O)[O-])c2N1. The number of anilines is 1. The number of hydrogen-bond acceptors (Lipinski definition) is 4. The van der Waals surface area contributed by atoms with E-state index in [1.54, 1.807) is 12.1 Å². The van der Waals surface area contributed by atoms with Gasteiger partial charge in [0, 0.05) is 17.2 Å². The maximum absolute atomic E-state index is 11.8. The summed E-state index contributed by atoms with van der Waals surface area (Å²) in [6, 6.07) is 14.0. The number of para-hydroxylation sites is 1. The molecule has 0 saturated carbocycles. The van der Waals surface area contributed by atoms with Crippen molar-refractivity contribution in [1.29, 1.82) is 0 Å². The van der Waals surface area contributed by atoms with E-state index in [0.29, 0.717) is 11.3 Å². The summed E-state index contributed by atoms with van der Waals surface area (Å²) in [4.78, 5) is 26.7. The van der Waals surface area contributed by atoms with Crippen molar-refractivity contribution in [2.45, 2.75) is 0 Å². The average molecular weight is 281 g/mol. The summed E-state index contributed by atoms with van der Waals surface area (Å²) in [5.41, 5.74) is 2.02. The fourth-order valence-electron chi connectivity index (χ4n) is 2.28. The number of nitro benzene ring substituents is 1. The molecule has 1 aliphatic heterocycles. The molecule has 1 N–H and O–H groups in total. The fraction of sp³-hybridized carbons (Fsp3) is 0.0667. The first-order valence-electron chi connectivity index (χ1n) is 6.34. The van der Waals surface area contributed by atoms with E-state index in [9.17, 15) is 14.9 Å². The van der Waals surface area contributed by atoms with Crippen molar-refractivity contribution in [3.63, 3.8) is 0 Å². The van der Waals surface area contributed by atoms with Crippen LogP contribution in [0.25, 0.3) is 0 Å². The van der Waals surface area contributed by atoms with Crippen molar-refractivity contribution < 1.29 is 9.72 Å². The van der Waals surface area contributed by atoms with Crippen LogP contribution in [-0.4, -0.2) is 23.1 Å². The monoisotopic (exact) mass is 281 g/mol. The molecule has 6 nitrogen and oxygen atoms in total. The minimum absolute atomic E-state index is 0.0595. The number of benzene rings is 2. The second kappa shape index (κ2) is 5.16. The van der Waals surface area contributed by atoms with Crippen molar-refractivity contribution in [2.24, 2.45) is 4.99 Å². The Balaban J connectivity index is 2.24. The lowest BCUT2D eigenvalue weighted by molar-refractivity contribution is -0.383. The number of carbonyl (C=O) groups is 1. The molecule has 1 amide bonds. The molecule has 1 heterocycles. The van der Waals surface area contributed by atoms with Gasteiger partial charge in [0.2, 0.25) is 5.91 Å². The summed E-state index contributed by atoms with van der Waals surface area (Å²) in [5, 5.41) is 13.7. The van der Waals surface area contributed by atoms with Crippen LogP contribution >= 0.6 is 0 Å². The lowest BCUT2D eigenvalue weighted by Gasteiger charge is -2.10. The average Bonchev–Trinajstić information content (AvgIpc) is 2.66. The van der Waals surface area contributed by atoms with E-state index >= 15 is 0 Å². The zero-order valence-corrected chi connectivity index (χ0v) is 10.9. The molecule has 0 unspecified atom stereocenters. The number of fused-ring (bicyclic) bond motifs is 1. The highest BCUT2D eigenvalue weighted by Gasteiger charge is 2.25. The van der Waals surface area contributed by atoms with Gasteiger partial charge in [-0.15, -0.1) is 0 Å². The Morgan fingerprint density at radius 3 is 2.57 bits per heavy atom. The summed E-state index contributed by atoms with van der Waals surface area (Å²) < 4.78 is 0. The molecule has 0 saturated heterocycles. The Kier molecular flexibility index (Phi) is 3.19. The van der Waals surface area contributed by atoms with Crippen LogP contribution in [0.4, 0.5) is 11.4 Å². The number of nitrogens with one attached hydrogen (secondary N) is 1. The van der Waals surface area contributed by atoms with Gasteiger partial charge in [-0.1, -0.05) is 42.5 Å². The van der Waals surface area contributed by atoms with Crippen LogP contribution in [0.2, 0.25) is 0 Å². The summed E-state index contributed by atoms with van der Waals surface area (Å²) in [6.45, 7) is -0.0595. The van der Waals surface area contributed by atoms with Gasteiger partial charge in [-0.3, -0.25) is 19.9 Å². The molecule has 0 bridgehead atoms. The molecule has 0 spiro atoms. The third-order valence-electron chi connectivity index (χ3n) is 3.19. The smallest absolute Gasteiger partial charge is 0.293 e. The maximum atomic E-state index is 11.8. The third-order valence-corrected chi connectivity index (χ3v) is 3.19. The number of carbonyl (C=O) groups excluding carboxylic acids is 1. The third kappa shape index (κ3) is 2.38. The number of aliphatic imine (C=N–C) groups is 1. The van der Waals surface area contributed by atoms with Gasteiger partial charge >= 0.3 is 0 Å². The Morgan fingerprint density at radius 1 is 1.10 bits per heavy atom.